The normalized spacial score (nSPS) is 10.4. The van der Waals surface area contributed by atoms with E-state index in [-0.39, 0.29) is 0 Å². The molecule has 0 saturated heterocycles. The molecular weight excluding hydrogens is 239 g/mol. The Bertz CT molecular complexity index is 428. The molecular formula is C9H6Cl2N2S. The first-order valence-corrected chi connectivity index (χ1v) is 5.46. The van der Waals surface area contributed by atoms with E-state index in [2.05, 4.69) is 10.2 Å². The smallest absolute Gasteiger partial charge is 0.0955 e. The lowest BCUT2D eigenvalue weighted by Crippen LogP contribution is -1.77. The second-order valence-electron chi connectivity index (χ2n) is 2.57. The molecule has 0 radical (unpaired) electrons. The van der Waals surface area contributed by atoms with Crippen LogP contribution in [-0.2, 0) is 0 Å². The summed E-state index contributed by atoms with van der Waals surface area (Å²) >= 11 is 13.4. The lowest BCUT2D eigenvalue weighted by Gasteiger charge is -2.02. The Morgan fingerprint density at radius 2 is 2.07 bits per heavy atom. The van der Waals surface area contributed by atoms with Crippen LogP contribution in [0.15, 0.2) is 40.4 Å². The molecule has 0 spiro atoms. The average Bonchev–Trinajstić information content (AvgIpc) is 2.66. The Morgan fingerprint density at radius 3 is 2.79 bits per heavy atom. The van der Waals surface area contributed by atoms with Crippen molar-refractivity contribution in [1.29, 1.82) is 0 Å². The Balaban J connectivity index is 2.29. The maximum Gasteiger partial charge on any atom is 0.0955 e. The molecule has 0 aliphatic rings. The molecule has 5 heteroatoms. The minimum Gasteiger partial charge on any atom is -0.272 e. The SMILES string of the molecule is Clc1cccc(Sc2ccn[nH]2)c1Cl. The van der Waals surface area contributed by atoms with Gasteiger partial charge < -0.3 is 0 Å². The second-order valence-corrected chi connectivity index (χ2v) is 4.44. The number of benzene rings is 1. The summed E-state index contributed by atoms with van der Waals surface area (Å²) in [7, 11) is 0. The highest BCUT2D eigenvalue weighted by Crippen LogP contribution is 2.35. The Hall–Kier alpha value is -0.640. The molecule has 0 atom stereocenters. The van der Waals surface area contributed by atoms with E-state index in [1.165, 1.54) is 11.8 Å². The van der Waals surface area contributed by atoms with Crippen molar-refractivity contribution >= 4 is 35.0 Å². The quantitative estimate of drug-likeness (QED) is 0.869. The molecule has 2 rings (SSSR count). The van der Waals surface area contributed by atoms with Gasteiger partial charge in [-0.1, -0.05) is 41.0 Å². The molecule has 0 aliphatic heterocycles. The van der Waals surface area contributed by atoms with Gasteiger partial charge in [-0.3, -0.25) is 5.10 Å². The van der Waals surface area contributed by atoms with Crippen molar-refractivity contribution in [2.45, 2.75) is 9.92 Å². The van der Waals surface area contributed by atoms with Crippen LogP contribution in [0.5, 0.6) is 0 Å². The number of aromatic nitrogens is 2. The molecule has 0 unspecified atom stereocenters. The van der Waals surface area contributed by atoms with E-state index in [1.54, 1.807) is 12.3 Å². The van der Waals surface area contributed by atoms with Gasteiger partial charge in [0.2, 0.25) is 0 Å². The van der Waals surface area contributed by atoms with Crippen LogP contribution in [-0.4, -0.2) is 10.2 Å². The zero-order valence-electron chi connectivity index (χ0n) is 7.00. The highest BCUT2D eigenvalue weighted by Gasteiger charge is 2.06. The standard InChI is InChI=1S/C9H6Cl2N2S/c10-6-2-1-3-7(9(6)11)14-8-4-5-12-13-8/h1-5H,(H,12,13). The van der Waals surface area contributed by atoms with E-state index in [9.17, 15) is 0 Å². The van der Waals surface area contributed by atoms with Gasteiger partial charge in [0.15, 0.2) is 0 Å². The van der Waals surface area contributed by atoms with Crippen LogP contribution < -0.4 is 0 Å². The van der Waals surface area contributed by atoms with Crippen LogP contribution in [0.2, 0.25) is 10.0 Å². The topological polar surface area (TPSA) is 28.7 Å². The molecule has 0 fully saturated rings. The second kappa shape index (κ2) is 4.26. The van der Waals surface area contributed by atoms with Crippen molar-refractivity contribution in [1.82, 2.24) is 10.2 Å². The molecule has 1 N–H and O–H groups in total. The maximum atomic E-state index is 6.02. The fourth-order valence-electron chi connectivity index (χ4n) is 0.981. The molecule has 14 heavy (non-hydrogen) atoms. The third-order valence-corrected chi connectivity index (χ3v) is 3.55. The van der Waals surface area contributed by atoms with E-state index in [0.717, 1.165) is 9.92 Å². The van der Waals surface area contributed by atoms with Gasteiger partial charge in [-0.15, -0.1) is 0 Å². The predicted molar refractivity (Wildman–Crippen MR) is 59.2 cm³/mol. The number of hydrogen-bond acceptors (Lipinski definition) is 2. The molecule has 2 nitrogen and oxygen atoms in total. The average molecular weight is 245 g/mol. The zero-order chi connectivity index (χ0) is 9.97. The van der Waals surface area contributed by atoms with Gasteiger partial charge in [0.1, 0.15) is 0 Å². The first kappa shape index (κ1) is 9.90. The number of hydrogen-bond donors (Lipinski definition) is 1. The summed E-state index contributed by atoms with van der Waals surface area (Å²) in [6, 6.07) is 7.43. The van der Waals surface area contributed by atoms with Crippen LogP contribution in [0.25, 0.3) is 0 Å². The summed E-state index contributed by atoms with van der Waals surface area (Å²) < 4.78 is 0. The van der Waals surface area contributed by atoms with Crippen LogP contribution >= 0.6 is 35.0 Å². The van der Waals surface area contributed by atoms with Gasteiger partial charge >= 0.3 is 0 Å². The van der Waals surface area contributed by atoms with Crippen molar-refractivity contribution in [3.05, 3.63) is 40.5 Å². The highest BCUT2D eigenvalue weighted by atomic mass is 35.5. The maximum absolute atomic E-state index is 6.02. The van der Waals surface area contributed by atoms with Gasteiger partial charge in [0.05, 0.1) is 15.1 Å². The van der Waals surface area contributed by atoms with Crippen LogP contribution in [0.1, 0.15) is 0 Å². The Morgan fingerprint density at radius 1 is 1.21 bits per heavy atom. The Kier molecular flexibility index (Phi) is 3.01. The summed E-state index contributed by atoms with van der Waals surface area (Å²) in [5, 5.41) is 8.77. The van der Waals surface area contributed by atoms with E-state index in [1.807, 2.05) is 18.2 Å². The van der Waals surface area contributed by atoms with Crippen LogP contribution in [0.3, 0.4) is 0 Å². The number of rotatable bonds is 2. The molecule has 0 amide bonds. The van der Waals surface area contributed by atoms with Gasteiger partial charge in [0.25, 0.3) is 0 Å². The zero-order valence-corrected chi connectivity index (χ0v) is 9.33. The lowest BCUT2D eigenvalue weighted by molar-refractivity contribution is 1.00. The van der Waals surface area contributed by atoms with Gasteiger partial charge in [-0.05, 0) is 18.2 Å². The summed E-state index contributed by atoms with van der Waals surface area (Å²) in [5.41, 5.74) is 0. The van der Waals surface area contributed by atoms with Crippen molar-refractivity contribution in [2.75, 3.05) is 0 Å². The number of H-pyrrole nitrogens is 1. The van der Waals surface area contributed by atoms with Crippen LogP contribution in [0.4, 0.5) is 0 Å². The minimum absolute atomic E-state index is 0.566. The molecule has 0 aliphatic carbocycles. The van der Waals surface area contributed by atoms with Crippen LogP contribution in [0, 0.1) is 0 Å². The first-order valence-electron chi connectivity index (χ1n) is 3.88. The Labute approximate surface area is 95.6 Å². The number of nitrogens with one attached hydrogen (secondary N) is 1. The summed E-state index contributed by atoms with van der Waals surface area (Å²) in [6.07, 6.45) is 1.70. The summed E-state index contributed by atoms with van der Waals surface area (Å²) in [6.45, 7) is 0. The largest absolute Gasteiger partial charge is 0.272 e. The fraction of sp³-hybridized carbons (Fsp3) is 0. The highest BCUT2D eigenvalue weighted by molar-refractivity contribution is 7.99. The molecule has 1 aromatic carbocycles. The summed E-state index contributed by atoms with van der Waals surface area (Å²) in [5.74, 6) is 0. The van der Waals surface area contributed by atoms with E-state index in [4.69, 9.17) is 23.2 Å². The molecule has 0 bridgehead atoms. The van der Waals surface area contributed by atoms with Crippen molar-refractivity contribution in [2.24, 2.45) is 0 Å². The monoisotopic (exact) mass is 244 g/mol. The van der Waals surface area contributed by atoms with Crippen molar-refractivity contribution in [3.63, 3.8) is 0 Å². The summed E-state index contributed by atoms with van der Waals surface area (Å²) in [4.78, 5) is 0.920. The van der Waals surface area contributed by atoms with E-state index >= 15 is 0 Å². The molecule has 2 aromatic rings. The van der Waals surface area contributed by atoms with Crippen molar-refractivity contribution in [3.8, 4) is 0 Å². The molecule has 72 valence electrons. The minimum atomic E-state index is 0.566. The van der Waals surface area contributed by atoms with Crippen molar-refractivity contribution < 1.29 is 0 Å². The van der Waals surface area contributed by atoms with Gasteiger partial charge in [-0.25, -0.2) is 0 Å². The first-order chi connectivity index (χ1) is 6.77. The van der Waals surface area contributed by atoms with E-state index in [0.29, 0.717) is 10.0 Å². The third kappa shape index (κ3) is 2.05. The lowest BCUT2D eigenvalue weighted by atomic mass is 10.4. The molecule has 0 saturated carbocycles. The third-order valence-electron chi connectivity index (χ3n) is 1.61. The molecule has 1 aromatic heterocycles. The fourth-order valence-corrected chi connectivity index (χ4v) is 2.26. The van der Waals surface area contributed by atoms with Gasteiger partial charge in [0, 0.05) is 11.1 Å². The number of aromatic amines is 1. The van der Waals surface area contributed by atoms with Gasteiger partial charge in [-0.2, -0.15) is 5.10 Å². The molecule has 1 heterocycles. The van der Waals surface area contributed by atoms with E-state index < -0.39 is 0 Å². The number of halogens is 2. The predicted octanol–water partition coefficient (Wildman–Crippen LogP) is 3.87. The number of nitrogens with zero attached hydrogens (tertiary/aromatic N) is 1.